The third kappa shape index (κ3) is 3.93. The van der Waals surface area contributed by atoms with E-state index in [0.717, 1.165) is 39.0 Å². The van der Waals surface area contributed by atoms with Crippen molar-refractivity contribution in [3.8, 4) is 0 Å². The average molecular weight is 255 g/mol. The summed E-state index contributed by atoms with van der Waals surface area (Å²) in [7, 11) is 0. The number of ether oxygens (including phenoxy) is 1. The van der Waals surface area contributed by atoms with Gasteiger partial charge in [0, 0.05) is 25.7 Å². The van der Waals surface area contributed by atoms with E-state index < -0.39 is 0 Å². The van der Waals surface area contributed by atoms with Crippen LogP contribution in [0.5, 0.6) is 0 Å². The van der Waals surface area contributed by atoms with Crippen molar-refractivity contribution in [3.63, 3.8) is 0 Å². The van der Waals surface area contributed by atoms with Crippen LogP contribution in [0.15, 0.2) is 0 Å². The molecule has 104 valence electrons. The Bertz CT molecular complexity index is 279. The fraction of sp³-hybridized carbons (Fsp3) is 0.923. The molecule has 2 aliphatic heterocycles. The zero-order valence-electron chi connectivity index (χ0n) is 11.2. The van der Waals surface area contributed by atoms with Crippen molar-refractivity contribution in [1.29, 1.82) is 0 Å². The third-order valence-electron chi connectivity index (χ3n) is 4.02. The molecule has 2 aliphatic rings. The molecule has 3 atom stereocenters. The molecule has 1 amide bonds. The summed E-state index contributed by atoms with van der Waals surface area (Å²) in [5, 5.41) is 2.95. The van der Waals surface area contributed by atoms with Gasteiger partial charge in [0.25, 0.3) is 0 Å². The first kappa shape index (κ1) is 13.8. The van der Waals surface area contributed by atoms with E-state index in [1.165, 1.54) is 0 Å². The van der Waals surface area contributed by atoms with Gasteiger partial charge in [-0.25, -0.2) is 0 Å². The van der Waals surface area contributed by atoms with Crippen LogP contribution >= 0.6 is 0 Å². The molecule has 2 saturated heterocycles. The van der Waals surface area contributed by atoms with Gasteiger partial charge >= 0.3 is 0 Å². The Morgan fingerprint density at radius 2 is 2.33 bits per heavy atom. The number of piperidine rings is 1. The van der Waals surface area contributed by atoms with Crippen molar-refractivity contribution < 1.29 is 9.53 Å². The lowest BCUT2D eigenvalue weighted by Gasteiger charge is -2.34. The number of nitrogens with two attached hydrogens (primary N) is 1. The maximum atomic E-state index is 11.8. The van der Waals surface area contributed by atoms with Gasteiger partial charge in [0.15, 0.2) is 0 Å². The molecule has 2 heterocycles. The standard InChI is InChI=1S/C13H25N3O2/c1-10-4-5-16(8-12(10)14)9-13(17)15-7-11-3-2-6-18-11/h10-12H,2-9,14H2,1H3,(H,15,17). The van der Waals surface area contributed by atoms with E-state index in [9.17, 15) is 4.79 Å². The molecule has 0 aromatic carbocycles. The van der Waals surface area contributed by atoms with Gasteiger partial charge in [-0.1, -0.05) is 6.92 Å². The molecular formula is C13H25N3O2. The van der Waals surface area contributed by atoms with Crippen LogP contribution in [0.1, 0.15) is 26.2 Å². The summed E-state index contributed by atoms with van der Waals surface area (Å²) in [6.07, 6.45) is 3.48. The smallest absolute Gasteiger partial charge is 0.234 e. The van der Waals surface area contributed by atoms with Crippen LogP contribution in [-0.4, -0.2) is 55.7 Å². The molecule has 2 rings (SSSR count). The number of nitrogens with one attached hydrogen (secondary N) is 1. The minimum absolute atomic E-state index is 0.0900. The molecule has 3 unspecified atom stereocenters. The maximum Gasteiger partial charge on any atom is 0.234 e. The van der Waals surface area contributed by atoms with Crippen molar-refractivity contribution in [2.75, 3.05) is 32.8 Å². The Hall–Kier alpha value is -0.650. The quantitative estimate of drug-likeness (QED) is 0.739. The number of rotatable bonds is 4. The molecule has 0 spiro atoms. The number of nitrogens with zero attached hydrogens (tertiary/aromatic N) is 1. The lowest BCUT2D eigenvalue weighted by atomic mass is 9.94. The molecule has 5 heteroatoms. The van der Waals surface area contributed by atoms with Gasteiger partial charge in [0.05, 0.1) is 12.6 Å². The van der Waals surface area contributed by atoms with Crippen molar-refractivity contribution >= 4 is 5.91 Å². The predicted octanol–water partition coefficient (Wildman–Crippen LogP) is -0.0493. The molecular weight excluding hydrogens is 230 g/mol. The van der Waals surface area contributed by atoms with E-state index in [2.05, 4.69) is 17.1 Å². The van der Waals surface area contributed by atoms with Gasteiger partial charge in [-0.05, 0) is 31.7 Å². The average Bonchev–Trinajstić information content (AvgIpc) is 2.84. The summed E-state index contributed by atoms with van der Waals surface area (Å²) in [5.74, 6) is 0.656. The van der Waals surface area contributed by atoms with Crippen molar-refractivity contribution in [2.45, 2.75) is 38.3 Å². The number of likely N-dealkylation sites (tertiary alicyclic amines) is 1. The monoisotopic (exact) mass is 255 g/mol. The van der Waals surface area contributed by atoms with Crippen LogP contribution in [0.3, 0.4) is 0 Å². The second-order valence-corrected chi connectivity index (χ2v) is 5.60. The fourth-order valence-corrected chi connectivity index (χ4v) is 2.61. The van der Waals surface area contributed by atoms with Crippen LogP contribution in [0.4, 0.5) is 0 Å². The first-order chi connectivity index (χ1) is 8.65. The van der Waals surface area contributed by atoms with Gasteiger partial charge in [0.1, 0.15) is 0 Å². The highest BCUT2D eigenvalue weighted by Crippen LogP contribution is 2.15. The molecule has 18 heavy (non-hydrogen) atoms. The highest BCUT2D eigenvalue weighted by atomic mass is 16.5. The summed E-state index contributed by atoms with van der Waals surface area (Å²) < 4.78 is 5.48. The Labute approximate surface area is 109 Å². The number of carbonyl (C=O) groups is 1. The van der Waals surface area contributed by atoms with Gasteiger partial charge < -0.3 is 15.8 Å². The summed E-state index contributed by atoms with van der Waals surface area (Å²) in [4.78, 5) is 14.0. The maximum absolute atomic E-state index is 11.8. The molecule has 0 saturated carbocycles. The van der Waals surface area contributed by atoms with Crippen LogP contribution in [-0.2, 0) is 9.53 Å². The summed E-state index contributed by atoms with van der Waals surface area (Å²) in [5.41, 5.74) is 6.02. The van der Waals surface area contributed by atoms with Gasteiger partial charge in [-0.15, -0.1) is 0 Å². The first-order valence-corrected chi connectivity index (χ1v) is 7.01. The molecule has 3 N–H and O–H groups in total. The van der Waals surface area contributed by atoms with Crippen LogP contribution in [0.25, 0.3) is 0 Å². The van der Waals surface area contributed by atoms with Gasteiger partial charge in [0.2, 0.25) is 5.91 Å². The lowest BCUT2D eigenvalue weighted by molar-refractivity contribution is -0.123. The minimum atomic E-state index is 0.0900. The van der Waals surface area contributed by atoms with Crippen LogP contribution < -0.4 is 11.1 Å². The second-order valence-electron chi connectivity index (χ2n) is 5.60. The molecule has 0 aromatic rings. The highest BCUT2D eigenvalue weighted by Gasteiger charge is 2.24. The molecule has 0 bridgehead atoms. The summed E-state index contributed by atoms with van der Waals surface area (Å²) >= 11 is 0. The van der Waals surface area contributed by atoms with Crippen molar-refractivity contribution in [3.05, 3.63) is 0 Å². The van der Waals surface area contributed by atoms with Gasteiger partial charge in [-0.2, -0.15) is 0 Å². The summed E-state index contributed by atoms with van der Waals surface area (Å²) in [6, 6.07) is 0.199. The Morgan fingerprint density at radius 3 is 3.00 bits per heavy atom. The summed E-state index contributed by atoms with van der Waals surface area (Å²) in [6.45, 7) is 5.93. The van der Waals surface area contributed by atoms with E-state index in [-0.39, 0.29) is 18.1 Å². The predicted molar refractivity (Wildman–Crippen MR) is 70.2 cm³/mol. The fourth-order valence-electron chi connectivity index (χ4n) is 2.61. The topological polar surface area (TPSA) is 67.6 Å². The van der Waals surface area contributed by atoms with E-state index in [4.69, 9.17) is 10.5 Å². The Balaban J connectivity index is 1.64. The van der Waals surface area contributed by atoms with E-state index >= 15 is 0 Å². The Kier molecular flexibility index (Phi) is 4.97. The molecule has 0 radical (unpaired) electrons. The second kappa shape index (κ2) is 6.50. The molecule has 0 aliphatic carbocycles. The number of carbonyl (C=O) groups excluding carboxylic acids is 1. The first-order valence-electron chi connectivity index (χ1n) is 7.01. The number of amides is 1. The third-order valence-corrected chi connectivity index (χ3v) is 4.02. The van der Waals surface area contributed by atoms with Crippen LogP contribution in [0.2, 0.25) is 0 Å². The molecule has 5 nitrogen and oxygen atoms in total. The van der Waals surface area contributed by atoms with E-state index in [0.29, 0.717) is 19.0 Å². The zero-order chi connectivity index (χ0) is 13.0. The van der Waals surface area contributed by atoms with Crippen molar-refractivity contribution in [1.82, 2.24) is 10.2 Å². The normalized spacial score (nSPS) is 33.6. The largest absolute Gasteiger partial charge is 0.376 e. The van der Waals surface area contributed by atoms with Crippen LogP contribution in [0, 0.1) is 5.92 Å². The number of hydrogen-bond acceptors (Lipinski definition) is 4. The lowest BCUT2D eigenvalue weighted by Crippen LogP contribution is -2.50. The number of hydrogen-bond donors (Lipinski definition) is 2. The van der Waals surface area contributed by atoms with E-state index in [1.807, 2.05) is 0 Å². The zero-order valence-corrected chi connectivity index (χ0v) is 11.2. The molecule has 2 fully saturated rings. The van der Waals surface area contributed by atoms with Gasteiger partial charge in [-0.3, -0.25) is 9.69 Å². The minimum Gasteiger partial charge on any atom is -0.376 e. The molecule has 0 aromatic heterocycles. The SMILES string of the molecule is CC1CCN(CC(=O)NCC2CCCO2)CC1N. The van der Waals surface area contributed by atoms with Crippen molar-refractivity contribution in [2.24, 2.45) is 11.7 Å². The van der Waals surface area contributed by atoms with E-state index in [1.54, 1.807) is 0 Å². The highest BCUT2D eigenvalue weighted by molar-refractivity contribution is 5.78. The Morgan fingerprint density at radius 1 is 1.50 bits per heavy atom.